The molecule has 0 aromatic rings. The van der Waals surface area contributed by atoms with Crippen LogP contribution >= 0.6 is 22.2 Å². The number of hydrogen-bond acceptors (Lipinski definition) is 1. The lowest BCUT2D eigenvalue weighted by Crippen LogP contribution is -1.91. The molecule has 4 heteroatoms. The zero-order valence-electron chi connectivity index (χ0n) is 15.2. The molecule has 0 aliphatic carbocycles. The van der Waals surface area contributed by atoms with Crippen molar-refractivity contribution < 1.29 is 5.11 Å². The van der Waals surface area contributed by atoms with Crippen LogP contribution in [0.3, 0.4) is 0 Å². The minimum Gasteiger partial charge on any atom is -0.396 e. The topological polar surface area (TPSA) is 20.2 Å². The molecule has 0 amide bonds. The average molecular weight is 384 g/mol. The van der Waals surface area contributed by atoms with Crippen LogP contribution in [0.15, 0.2) is 0 Å². The van der Waals surface area contributed by atoms with Crippen LogP contribution < -0.4 is 0 Å². The van der Waals surface area contributed by atoms with Gasteiger partial charge in [-0.05, 0) is 12.5 Å². The second kappa shape index (κ2) is 20.8. The Bertz CT molecular complexity index is 216. The van der Waals surface area contributed by atoms with Crippen LogP contribution in [0.2, 0.25) is 6.04 Å². The fourth-order valence-electron chi connectivity index (χ4n) is 3.06. The van der Waals surface area contributed by atoms with E-state index in [-0.39, 0.29) is 0 Å². The highest BCUT2D eigenvalue weighted by Crippen LogP contribution is 2.15. The molecule has 0 rings (SSSR count). The minimum absolute atomic E-state index is 0.365. The van der Waals surface area contributed by atoms with Crippen molar-refractivity contribution in [2.45, 2.75) is 115 Å². The van der Waals surface area contributed by atoms with Crippen LogP contribution in [0.1, 0.15) is 109 Å². The van der Waals surface area contributed by atoms with Gasteiger partial charge in [-0.25, -0.2) is 0 Å². The molecule has 0 saturated heterocycles. The molecular formula is C19H40Cl2OSi. The van der Waals surface area contributed by atoms with E-state index in [1.54, 1.807) is 0 Å². The third-order valence-electron chi connectivity index (χ3n) is 4.58. The zero-order valence-corrected chi connectivity index (χ0v) is 17.9. The van der Waals surface area contributed by atoms with E-state index >= 15 is 0 Å². The first kappa shape index (κ1) is 23.8. The second-order valence-corrected chi connectivity index (χ2v) is 12.1. The molecule has 0 aromatic carbocycles. The molecule has 0 aliphatic rings. The molecule has 0 unspecified atom stereocenters. The fraction of sp³-hybridized carbons (Fsp3) is 1.00. The Morgan fingerprint density at radius 3 is 0.957 bits per heavy atom. The third-order valence-corrected chi connectivity index (χ3v) is 6.73. The third kappa shape index (κ3) is 22.8. The molecule has 0 heterocycles. The van der Waals surface area contributed by atoms with E-state index in [4.69, 9.17) is 27.3 Å². The Morgan fingerprint density at radius 1 is 0.435 bits per heavy atom. The van der Waals surface area contributed by atoms with Crippen LogP contribution in [0.5, 0.6) is 0 Å². The molecule has 0 fully saturated rings. The second-order valence-electron chi connectivity index (χ2n) is 6.91. The Morgan fingerprint density at radius 2 is 0.696 bits per heavy atom. The number of hydrogen-bond donors (Lipinski definition) is 1. The molecule has 0 atom stereocenters. The zero-order chi connectivity index (χ0) is 17.0. The molecule has 0 saturated carbocycles. The highest BCUT2D eigenvalue weighted by molar-refractivity contribution is 7.33. The largest absolute Gasteiger partial charge is 0.396 e. The van der Waals surface area contributed by atoms with Gasteiger partial charge in [0, 0.05) is 6.61 Å². The summed E-state index contributed by atoms with van der Waals surface area (Å²) in [5, 5.41) is 8.70. The number of aliphatic hydroxyl groups excluding tert-OH is 1. The number of unbranched alkanes of at least 4 members (excludes halogenated alkanes) is 16. The number of aliphatic hydroxyl groups is 1. The van der Waals surface area contributed by atoms with Crippen LogP contribution in [0, 0.1) is 0 Å². The van der Waals surface area contributed by atoms with Crippen LogP contribution in [-0.2, 0) is 0 Å². The van der Waals surface area contributed by atoms with Gasteiger partial charge in [0.2, 0.25) is 7.42 Å². The van der Waals surface area contributed by atoms with Crippen molar-refractivity contribution in [2.24, 2.45) is 0 Å². The maximum Gasteiger partial charge on any atom is 0.237 e. The summed E-state index contributed by atoms with van der Waals surface area (Å²) < 4.78 is 0. The maximum absolute atomic E-state index is 8.70. The fourth-order valence-corrected chi connectivity index (χ4v) is 4.59. The molecule has 140 valence electrons. The first-order valence-corrected chi connectivity index (χ1v) is 14.5. The van der Waals surface area contributed by atoms with E-state index in [0.717, 1.165) is 12.5 Å². The lowest BCUT2D eigenvalue weighted by atomic mass is 10.0. The summed E-state index contributed by atoms with van der Waals surface area (Å²) in [4.78, 5) is 0. The maximum atomic E-state index is 8.70. The van der Waals surface area contributed by atoms with Gasteiger partial charge in [0.25, 0.3) is 0 Å². The standard InChI is InChI=1S/C19H40Cl2OSi/c20-23(21)19-17-15-13-11-9-7-5-3-1-2-4-6-8-10-12-14-16-18-22/h22-23H,1-19H2. The summed E-state index contributed by atoms with van der Waals surface area (Å²) in [5.74, 6) is 0. The van der Waals surface area contributed by atoms with Crippen molar-refractivity contribution >= 4 is 29.6 Å². The normalized spacial score (nSPS) is 11.5. The lowest BCUT2D eigenvalue weighted by Gasteiger charge is -2.04. The Kier molecular flexibility index (Phi) is 21.5. The molecule has 1 nitrogen and oxygen atoms in total. The van der Waals surface area contributed by atoms with E-state index in [1.807, 2.05) is 0 Å². The van der Waals surface area contributed by atoms with Crippen LogP contribution in [-0.4, -0.2) is 19.1 Å². The molecule has 0 aromatic heterocycles. The van der Waals surface area contributed by atoms with E-state index in [1.165, 1.54) is 103 Å². The summed E-state index contributed by atoms with van der Waals surface area (Å²) in [7, 11) is -1.33. The predicted molar refractivity (Wildman–Crippen MR) is 109 cm³/mol. The predicted octanol–water partition coefficient (Wildman–Crippen LogP) is 7.31. The summed E-state index contributed by atoms with van der Waals surface area (Å²) in [6.45, 7) is 0.365. The van der Waals surface area contributed by atoms with Gasteiger partial charge in [0.1, 0.15) is 0 Å². The summed E-state index contributed by atoms with van der Waals surface area (Å²) in [6.07, 6.45) is 23.0. The summed E-state index contributed by atoms with van der Waals surface area (Å²) in [6, 6.07) is 1.09. The van der Waals surface area contributed by atoms with Gasteiger partial charge in [0.15, 0.2) is 0 Å². The number of halogens is 2. The SMILES string of the molecule is OCCCCCCCCCCCCCCCCCCC[SiH](Cl)Cl. The van der Waals surface area contributed by atoms with Gasteiger partial charge in [0.05, 0.1) is 0 Å². The van der Waals surface area contributed by atoms with E-state index in [2.05, 4.69) is 0 Å². The summed E-state index contributed by atoms with van der Waals surface area (Å²) in [5.41, 5.74) is 0. The molecule has 0 radical (unpaired) electrons. The molecule has 0 aliphatic heterocycles. The van der Waals surface area contributed by atoms with Crippen LogP contribution in [0.4, 0.5) is 0 Å². The van der Waals surface area contributed by atoms with Crippen molar-refractivity contribution in [3.63, 3.8) is 0 Å². The molecule has 1 N–H and O–H groups in total. The molecular weight excluding hydrogens is 343 g/mol. The summed E-state index contributed by atoms with van der Waals surface area (Å²) >= 11 is 11.7. The minimum atomic E-state index is -1.33. The average Bonchev–Trinajstić information content (AvgIpc) is 2.53. The monoisotopic (exact) mass is 382 g/mol. The first-order chi connectivity index (χ1) is 11.3. The first-order valence-electron chi connectivity index (χ1n) is 10.2. The van der Waals surface area contributed by atoms with Crippen molar-refractivity contribution in [2.75, 3.05) is 6.61 Å². The van der Waals surface area contributed by atoms with Gasteiger partial charge in [-0.1, -0.05) is 103 Å². The quantitative estimate of drug-likeness (QED) is 0.141. The van der Waals surface area contributed by atoms with Gasteiger partial charge in [-0.3, -0.25) is 0 Å². The van der Waals surface area contributed by atoms with Crippen molar-refractivity contribution in [3.05, 3.63) is 0 Å². The Hall–Kier alpha value is 0.757. The van der Waals surface area contributed by atoms with Crippen molar-refractivity contribution in [3.8, 4) is 0 Å². The van der Waals surface area contributed by atoms with Gasteiger partial charge in [-0.15, -0.1) is 0 Å². The van der Waals surface area contributed by atoms with Crippen molar-refractivity contribution in [1.29, 1.82) is 0 Å². The molecule has 23 heavy (non-hydrogen) atoms. The lowest BCUT2D eigenvalue weighted by molar-refractivity contribution is 0.282. The van der Waals surface area contributed by atoms with Gasteiger partial charge >= 0.3 is 0 Å². The smallest absolute Gasteiger partial charge is 0.237 e. The van der Waals surface area contributed by atoms with Gasteiger partial charge < -0.3 is 5.11 Å². The Balaban J connectivity index is 2.95. The van der Waals surface area contributed by atoms with Crippen LogP contribution in [0.25, 0.3) is 0 Å². The Labute approximate surface area is 156 Å². The molecule has 0 bridgehead atoms. The highest BCUT2D eigenvalue weighted by Gasteiger charge is 2.00. The van der Waals surface area contributed by atoms with E-state index in [0.29, 0.717) is 6.61 Å². The molecule has 0 spiro atoms. The van der Waals surface area contributed by atoms with Crippen molar-refractivity contribution in [1.82, 2.24) is 0 Å². The van der Waals surface area contributed by atoms with Gasteiger partial charge in [-0.2, -0.15) is 22.2 Å². The van der Waals surface area contributed by atoms with E-state index < -0.39 is 7.42 Å². The number of rotatable bonds is 19. The van der Waals surface area contributed by atoms with E-state index in [9.17, 15) is 0 Å². The highest BCUT2D eigenvalue weighted by atomic mass is 35.7.